The predicted octanol–water partition coefficient (Wildman–Crippen LogP) is 3.35. The third-order valence-electron chi connectivity index (χ3n) is 2.44. The third-order valence-corrected chi connectivity index (χ3v) is 5.54. The number of hydrogen-bond donors (Lipinski definition) is 1. The molecule has 1 aliphatic heterocycles. The van der Waals surface area contributed by atoms with Gasteiger partial charge in [-0.1, -0.05) is 58.8 Å². The highest BCUT2D eigenvalue weighted by Crippen LogP contribution is 2.33. The van der Waals surface area contributed by atoms with Crippen LogP contribution in [-0.2, 0) is 14.3 Å². The summed E-state index contributed by atoms with van der Waals surface area (Å²) in [5, 5.41) is 2.47. The van der Waals surface area contributed by atoms with E-state index in [-0.39, 0.29) is 11.3 Å². The second kappa shape index (κ2) is 8.31. The molecule has 3 atom stereocenters. The average molecular weight is 413 g/mol. The number of alkyl halides is 3. The van der Waals surface area contributed by atoms with Gasteiger partial charge in [0.25, 0.3) is 0 Å². The Labute approximate surface area is 151 Å². The van der Waals surface area contributed by atoms with E-state index in [1.54, 1.807) is 6.92 Å². The highest BCUT2D eigenvalue weighted by atomic mass is 35.6. The van der Waals surface area contributed by atoms with Crippen molar-refractivity contribution in [2.24, 2.45) is 5.92 Å². The summed E-state index contributed by atoms with van der Waals surface area (Å²) in [6.45, 7) is 1.16. The summed E-state index contributed by atoms with van der Waals surface area (Å²) in [5.41, 5.74) is 0. The minimum atomic E-state index is -1.71. The van der Waals surface area contributed by atoms with Crippen LogP contribution in [0.4, 0.5) is 4.79 Å². The maximum Gasteiger partial charge on any atom is 0.508 e. The van der Waals surface area contributed by atoms with Gasteiger partial charge in [-0.3, -0.25) is 4.79 Å². The summed E-state index contributed by atoms with van der Waals surface area (Å²) in [7, 11) is 0. The quantitative estimate of drug-likeness (QED) is 0.329. The van der Waals surface area contributed by atoms with Crippen LogP contribution < -0.4 is 5.32 Å². The first-order chi connectivity index (χ1) is 9.64. The lowest BCUT2D eigenvalue weighted by Crippen LogP contribution is -2.61. The molecule has 1 heterocycles. The van der Waals surface area contributed by atoms with Gasteiger partial charge in [0.05, 0.1) is 5.37 Å². The second-order valence-electron chi connectivity index (χ2n) is 4.00. The zero-order valence-electron chi connectivity index (χ0n) is 10.9. The number of rotatable bonds is 4. The number of ether oxygens (including phenoxy) is 2. The second-order valence-corrected chi connectivity index (χ2v) is 9.67. The van der Waals surface area contributed by atoms with Gasteiger partial charge in [-0.2, -0.15) is 0 Å². The number of carbonyl (C=O) groups is 2. The molecule has 0 aromatic heterocycles. The van der Waals surface area contributed by atoms with Crippen molar-refractivity contribution in [3.05, 3.63) is 0 Å². The minimum Gasteiger partial charge on any atom is -0.430 e. The molecule has 0 bridgehead atoms. The lowest BCUT2D eigenvalue weighted by atomic mass is 9.96. The zero-order chi connectivity index (χ0) is 16.2. The zero-order valence-corrected chi connectivity index (χ0v) is 15.6. The number of carbonyl (C=O) groups excluding carboxylic acids is 2. The molecule has 1 amide bonds. The molecule has 1 unspecified atom stereocenters. The van der Waals surface area contributed by atoms with Crippen LogP contribution in [0.1, 0.15) is 6.92 Å². The molecule has 0 aromatic carbocycles. The molecular formula is C10H12Cl3NO4S3. The number of thioether (sulfide) groups is 2. The van der Waals surface area contributed by atoms with E-state index < -0.39 is 28.6 Å². The molecule has 0 spiro atoms. The maximum absolute atomic E-state index is 11.6. The van der Waals surface area contributed by atoms with E-state index in [0.717, 1.165) is 0 Å². The molecule has 21 heavy (non-hydrogen) atoms. The summed E-state index contributed by atoms with van der Waals surface area (Å²) in [4.78, 5) is 23.0. The fraction of sp³-hybridized carbons (Fsp3) is 0.700. The molecule has 0 aliphatic carbocycles. The van der Waals surface area contributed by atoms with Crippen LogP contribution in [0.5, 0.6) is 0 Å². The monoisotopic (exact) mass is 411 g/mol. The Morgan fingerprint density at radius 2 is 2.14 bits per heavy atom. The van der Waals surface area contributed by atoms with Gasteiger partial charge in [0.15, 0.2) is 0 Å². The molecule has 1 rings (SSSR count). The molecule has 120 valence electrons. The van der Waals surface area contributed by atoms with Gasteiger partial charge in [0.2, 0.25) is 9.70 Å². The van der Waals surface area contributed by atoms with Crippen LogP contribution in [0.3, 0.4) is 0 Å². The average Bonchev–Trinajstić information content (AvgIpc) is 2.34. The Morgan fingerprint density at radius 3 is 2.62 bits per heavy atom. The number of hydrogen-bond acceptors (Lipinski definition) is 7. The first kappa shape index (κ1) is 19.4. The van der Waals surface area contributed by atoms with Crippen LogP contribution in [0.25, 0.3) is 0 Å². The van der Waals surface area contributed by atoms with Crippen molar-refractivity contribution in [3.63, 3.8) is 0 Å². The van der Waals surface area contributed by atoms with Crippen molar-refractivity contribution in [2.75, 3.05) is 12.9 Å². The molecule has 1 saturated heterocycles. The number of thiocarbonyl (C=S) groups is 1. The van der Waals surface area contributed by atoms with Gasteiger partial charge < -0.3 is 14.8 Å². The Kier molecular flexibility index (Phi) is 7.69. The van der Waals surface area contributed by atoms with Gasteiger partial charge in [0.1, 0.15) is 22.2 Å². The van der Waals surface area contributed by atoms with Crippen LogP contribution in [0.2, 0.25) is 0 Å². The molecular weight excluding hydrogens is 401 g/mol. The Hall–Kier alpha value is 0.400. The Morgan fingerprint density at radius 1 is 1.52 bits per heavy atom. The lowest BCUT2D eigenvalue weighted by molar-refractivity contribution is -0.137. The lowest BCUT2D eigenvalue weighted by Gasteiger charge is -2.38. The first-order valence-electron chi connectivity index (χ1n) is 5.59. The van der Waals surface area contributed by atoms with E-state index in [0.29, 0.717) is 3.53 Å². The maximum atomic E-state index is 11.6. The summed E-state index contributed by atoms with van der Waals surface area (Å²) < 4.78 is 8.63. The van der Waals surface area contributed by atoms with E-state index in [4.69, 9.17) is 51.8 Å². The first-order valence-corrected chi connectivity index (χ1v) is 9.24. The standard InChI is InChI=1S/C10H12Cl3NO4S3/c1-4(18-8(16)17-3-10(11,12)13)5-6(15)14-7(5)21-9(19)20-2/h4-5,7H,3H2,1-2H3,(H,14,15)/t4?,5-,7+/m0/s1. The summed E-state index contributed by atoms with van der Waals surface area (Å²) in [6.07, 6.45) is 0.173. The van der Waals surface area contributed by atoms with Crippen LogP contribution in [0.15, 0.2) is 0 Å². The largest absolute Gasteiger partial charge is 0.508 e. The third kappa shape index (κ3) is 6.58. The van der Waals surface area contributed by atoms with E-state index in [2.05, 4.69) is 10.1 Å². The molecule has 0 saturated carbocycles. The summed E-state index contributed by atoms with van der Waals surface area (Å²) in [5.74, 6) is -0.710. The topological polar surface area (TPSA) is 64.6 Å². The number of halogens is 3. The van der Waals surface area contributed by atoms with Gasteiger partial charge in [0, 0.05) is 0 Å². The van der Waals surface area contributed by atoms with Gasteiger partial charge in [-0.15, -0.1) is 11.8 Å². The minimum absolute atomic E-state index is 0.210. The summed E-state index contributed by atoms with van der Waals surface area (Å²) >= 11 is 24.2. The molecule has 1 fully saturated rings. The highest BCUT2D eigenvalue weighted by molar-refractivity contribution is 8.47. The van der Waals surface area contributed by atoms with Crippen molar-refractivity contribution in [3.8, 4) is 0 Å². The van der Waals surface area contributed by atoms with Crippen molar-refractivity contribution in [1.29, 1.82) is 0 Å². The number of nitrogens with one attached hydrogen (secondary N) is 1. The van der Waals surface area contributed by atoms with Crippen LogP contribution in [0, 0.1) is 5.92 Å². The van der Waals surface area contributed by atoms with Crippen molar-refractivity contribution < 1.29 is 19.1 Å². The van der Waals surface area contributed by atoms with E-state index in [9.17, 15) is 9.59 Å². The van der Waals surface area contributed by atoms with Gasteiger partial charge in [-0.05, 0) is 13.2 Å². The fourth-order valence-corrected chi connectivity index (χ4v) is 3.53. The normalized spacial score (nSPS) is 22.8. The van der Waals surface area contributed by atoms with E-state index >= 15 is 0 Å². The van der Waals surface area contributed by atoms with Crippen LogP contribution >= 0.6 is 70.5 Å². The highest BCUT2D eigenvalue weighted by Gasteiger charge is 2.45. The predicted molar refractivity (Wildman–Crippen MR) is 91.3 cm³/mol. The molecule has 0 aromatic rings. The van der Waals surface area contributed by atoms with Crippen molar-refractivity contribution in [1.82, 2.24) is 5.32 Å². The molecule has 5 nitrogen and oxygen atoms in total. The molecule has 0 radical (unpaired) electrons. The number of amides is 1. The van der Waals surface area contributed by atoms with E-state index in [1.807, 2.05) is 6.26 Å². The Bertz CT molecular complexity index is 432. The van der Waals surface area contributed by atoms with Gasteiger partial charge >= 0.3 is 6.16 Å². The molecule has 1 aliphatic rings. The van der Waals surface area contributed by atoms with Crippen LogP contribution in [-0.4, -0.2) is 43.7 Å². The summed E-state index contributed by atoms with van der Waals surface area (Å²) in [6, 6.07) is 0. The van der Waals surface area contributed by atoms with Crippen molar-refractivity contribution >= 4 is 86.1 Å². The van der Waals surface area contributed by atoms with E-state index in [1.165, 1.54) is 23.5 Å². The SMILES string of the molecule is CSC(=S)S[C@H]1NC(=O)[C@@H]1C(C)OC(=O)OCC(Cl)(Cl)Cl. The molecule has 1 N–H and O–H groups in total. The van der Waals surface area contributed by atoms with Crippen molar-refractivity contribution in [2.45, 2.75) is 22.2 Å². The fourth-order valence-electron chi connectivity index (χ4n) is 1.48. The molecule has 11 heteroatoms. The Balaban J connectivity index is 2.46. The number of β-lactam (4-membered cyclic amide) rings is 1. The van der Waals surface area contributed by atoms with Gasteiger partial charge in [-0.25, -0.2) is 4.79 Å². The smallest absolute Gasteiger partial charge is 0.430 e.